The van der Waals surface area contributed by atoms with Crippen molar-refractivity contribution < 1.29 is 19.0 Å². The Kier molecular flexibility index (Phi) is 4.14. The SMILES string of the molecule is COC(CN)CC(=O)OC1COC1. The highest BCUT2D eigenvalue weighted by molar-refractivity contribution is 5.70. The summed E-state index contributed by atoms with van der Waals surface area (Å²) in [7, 11) is 1.53. The van der Waals surface area contributed by atoms with Gasteiger partial charge in [-0.05, 0) is 0 Å². The predicted molar refractivity (Wildman–Crippen MR) is 45.2 cm³/mol. The highest BCUT2D eigenvalue weighted by Gasteiger charge is 2.23. The molecule has 0 aromatic heterocycles. The molecular weight excluding hydrogens is 174 g/mol. The van der Waals surface area contributed by atoms with E-state index in [9.17, 15) is 4.79 Å². The second kappa shape index (κ2) is 5.16. The van der Waals surface area contributed by atoms with Crippen LogP contribution in [0.1, 0.15) is 6.42 Å². The zero-order valence-corrected chi connectivity index (χ0v) is 7.69. The maximum Gasteiger partial charge on any atom is 0.308 e. The molecule has 5 nitrogen and oxygen atoms in total. The molecule has 1 unspecified atom stereocenters. The van der Waals surface area contributed by atoms with E-state index in [-0.39, 0.29) is 24.6 Å². The average molecular weight is 189 g/mol. The van der Waals surface area contributed by atoms with E-state index in [2.05, 4.69) is 0 Å². The van der Waals surface area contributed by atoms with E-state index in [4.69, 9.17) is 19.9 Å². The van der Waals surface area contributed by atoms with Gasteiger partial charge in [0.25, 0.3) is 0 Å². The fourth-order valence-corrected chi connectivity index (χ4v) is 0.965. The van der Waals surface area contributed by atoms with Crippen molar-refractivity contribution in [1.82, 2.24) is 0 Å². The number of hydrogen-bond acceptors (Lipinski definition) is 5. The van der Waals surface area contributed by atoms with Crippen molar-refractivity contribution in [2.75, 3.05) is 26.9 Å². The van der Waals surface area contributed by atoms with Crippen LogP contribution in [0.25, 0.3) is 0 Å². The molecule has 0 bridgehead atoms. The molecule has 1 aliphatic heterocycles. The smallest absolute Gasteiger partial charge is 0.308 e. The molecule has 0 aliphatic carbocycles. The van der Waals surface area contributed by atoms with Crippen molar-refractivity contribution in [2.24, 2.45) is 5.73 Å². The van der Waals surface area contributed by atoms with Gasteiger partial charge in [-0.1, -0.05) is 0 Å². The van der Waals surface area contributed by atoms with Crippen LogP contribution >= 0.6 is 0 Å². The molecule has 0 saturated carbocycles. The largest absolute Gasteiger partial charge is 0.457 e. The summed E-state index contributed by atoms with van der Waals surface area (Å²) in [5.41, 5.74) is 5.35. The minimum absolute atomic E-state index is 0.0669. The lowest BCUT2D eigenvalue weighted by atomic mass is 10.2. The molecule has 0 aromatic rings. The summed E-state index contributed by atoms with van der Waals surface area (Å²) in [6.07, 6.45) is -0.0972. The van der Waals surface area contributed by atoms with Gasteiger partial charge in [0.2, 0.25) is 0 Å². The Balaban J connectivity index is 2.14. The Morgan fingerprint density at radius 1 is 1.69 bits per heavy atom. The number of carbonyl (C=O) groups excluding carboxylic acids is 1. The van der Waals surface area contributed by atoms with Gasteiger partial charge in [-0.3, -0.25) is 4.79 Å². The Hall–Kier alpha value is -0.650. The molecule has 1 aliphatic rings. The summed E-state index contributed by atoms with van der Waals surface area (Å²) in [6, 6.07) is 0. The second-order valence-corrected chi connectivity index (χ2v) is 2.95. The van der Waals surface area contributed by atoms with Crippen LogP contribution in [0.4, 0.5) is 0 Å². The quantitative estimate of drug-likeness (QED) is 0.579. The van der Waals surface area contributed by atoms with Gasteiger partial charge in [-0.25, -0.2) is 0 Å². The maximum atomic E-state index is 11.2. The second-order valence-electron chi connectivity index (χ2n) is 2.95. The summed E-state index contributed by atoms with van der Waals surface area (Å²) in [5, 5.41) is 0. The van der Waals surface area contributed by atoms with E-state index in [0.717, 1.165) is 0 Å². The number of carbonyl (C=O) groups is 1. The third-order valence-corrected chi connectivity index (χ3v) is 1.90. The van der Waals surface area contributed by atoms with E-state index in [0.29, 0.717) is 19.8 Å². The molecule has 1 saturated heterocycles. The first-order valence-corrected chi connectivity index (χ1v) is 4.26. The third kappa shape index (κ3) is 3.30. The Morgan fingerprint density at radius 2 is 2.38 bits per heavy atom. The molecule has 2 N–H and O–H groups in total. The van der Waals surface area contributed by atoms with Gasteiger partial charge in [0, 0.05) is 13.7 Å². The molecule has 5 heteroatoms. The lowest BCUT2D eigenvalue weighted by molar-refractivity contribution is -0.174. The zero-order chi connectivity index (χ0) is 9.68. The lowest BCUT2D eigenvalue weighted by Crippen LogP contribution is -2.39. The number of nitrogens with two attached hydrogens (primary N) is 1. The number of hydrogen-bond donors (Lipinski definition) is 1. The van der Waals surface area contributed by atoms with Crippen LogP contribution in [0.5, 0.6) is 0 Å². The van der Waals surface area contributed by atoms with Crippen molar-refractivity contribution in [3.05, 3.63) is 0 Å². The monoisotopic (exact) mass is 189 g/mol. The summed E-state index contributed by atoms with van der Waals surface area (Å²) >= 11 is 0. The first-order valence-electron chi connectivity index (χ1n) is 4.26. The lowest BCUT2D eigenvalue weighted by Gasteiger charge is -2.26. The first-order chi connectivity index (χ1) is 6.26. The molecule has 1 atom stereocenters. The summed E-state index contributed by atoms with van der Waals surface area (Å²) < 4.78 is 14.8. The van der Waals surface area contributed by atoms with E-state index >= 15 is 0 Å². The molecule has 0 aromatic carbocycles. The summed E-state index contributed by atoms with van der Waals surface area (Å²) in [5.74, 6) is -0.273. The predicted octanol–water partition coefficient (Wildman–Crippen LogP) is -0.708. The maximum absolute atomic E-state index is 11.2. The number of ether oxygens (including phenoxy) is 3. The van der Waals surface area contributed by atoms with Crippen LogP contribution in [0.2, 0.25) is 0 Å². The highest BCUT2D eigenvalue weighted by atomic mass is 16.6. The molecule has 1 rings (SSSR count). The normalized spacial score (nSPS) is 19.2. The van der Waals surface area contributed by atoms with Gasteiger partial charge in [-0.15, -0.1) is 0 Å². The van der Waals surface area contributed by atoms with Crippen LogP contribution in [-0.2, 0) is 19.0 Å². The third-order valence-electron chi connectivity index (χ3n) is 1.90. The fourth-order valence-electron chi connectivity index (χ4n) is 0.965. The van der Waals surface area contributed by atoms with E-state index in [1.807, 2.05) is 0 Å². The van der Waals surface area contributed by atoms with Crippen molar-refractivity contribution >= 4 is 5.97 Å². The summed E-state index contributed by atoms with van der Waals surface area (Å²) in [6.45, 7) is 1.34. The summed E-state index contributed by atoms with van der Waals surface area (Å²) in [4.78, 5) is 11.2. The Labute approximate surface area is 77.1 Å². The van der Waals surface area contributed by atoms with Crippen molar-refractivity contribution in [3.63, 3.8) is 0 Å². The number of esters is 1. The van der Waals surface area contributed by atoms with Gasteiger partial charge in [0.1, 0.15) is 6.10 Å². The van der Waals surface area contributed by atoms with Gasteiger partial charge < -0.3 is 19.9 Å². The van der Waals surface area contributed by atoms with Crippen molar-refractivity contribution in [1.29, 1.82) is 0 Å². The molecule has 0 amide bonds. The van der Waals surface area contributed by atoms with Crippen molar-refractivity contribution in [3.8, 4) is 0 Å². The minimum atomic E-state index is -0.273. The number of rotatable bonds is 5. The molecular formula is C8H15NO4. The highest BCUT2D eigenvalue weighted by Crippen LogP contribution is 2.07. The van der Waals surface area contributed by atoms with Gasteiger partial charge in [-0.2, -0.15) is 0 Å². The average Bonchev–Trinajstić information content (AvgIpc) is 2.07. The molecule has 76 valence electrons. The molecule has 0 spiro atoms. The zero-order valence-electron chi connectivity index (χ0n) is 7.69. The van der Waals surface area contributed by atoms with Crippen LogP contribution in [-0.4, -0.2) is 45.0 Å². The van der Waals surface area contributed by atoms with Gasteiger partial charge >= 0.3 is 5.97 Å². The minimum Gasteiger partial charge on any atom is -0.457 e. The Bertz CT molecular complexity index is 166. The molecule has 1 heterocycles. The van der Waals surface area contributed by atoms with Crippen LogP contribution < -0.4 is 5.73 Å². The van der Waals surface area contributed by atoms with E-state index < -0.39 is 0 Å². The van der Waals surface area contributed by atoms with Crippen LogP contribution in [0.3, 0.4) is 0 Å². The van der Waals surface area contributed by atoms with Gasteiger partial charge in [0.05, 0.1) is 25.7 Å². The molecule has 13 heavy (non-hydrogen) atoms. The van der Waals surface area contributed by atoms with Gasteiger partial charge in [0.15, 0.2) is 0 Å². The molecule has 1 fully saturated rings. The Morgan fingerprint density at radius 3 is 2.77 bits per heavy atom. The van der Waals surface area contributed by atoms with Crippen molar-refractivity contribution in [2.45, 2.75) is 18.6 Å². The first kappa shape index (κ1) is 10.4. The van der Waals surface area contributed by atoms with Crippen LogP contribution in [0, 0.1) is 0 Å². The van der Waals surface area contributed by atoms with E-state index in [1.54, 1.807) is 0 Å². The fraction of sp³-hybridized carbons (Fsp3) is 0.875. The topological polar surface area (TPSA) is 70.8 Å². The standard InChI is InChI=1S/C8H15NO4/c1-11-6(3-9)2-8(10)13-7-4-12-5-7/h6-7H,2-5,9H2,1H3. The van der Waals surface area contributed by atoms with Crippen LogP contribution in [0.15, 0.2) is 0 Å². The molecule has 0 radical (unpaired) electrons. The van der Waals surface area contributed by atoms with E-state index in [1.165, 1.54) is 7.11 Å². The number of methoxy groups -OCH3 is 1.